The zero-order valence-corrected chi connectivity index (χ0v) is 16.6. The van der Waals surface area contributed by atoms with Gasteiger partial charge in [0.15, 0.2) is 0 Å². The van der Waals surface area contributed by atoms with Gasteiger partial charge in [0, 0.05) is 43.6 Å². The number of carbonyl (C=O) groups excluding carboxylic acids is 2. The molecule has 2 atom stereocenters. The van der Waals surface area contributed by atoms with Gasteiger partial charge in [0.2, 0.25) is 5.91 Å². The molecule has 1 aromatic rings. The third kappa shape index (κ3) is 5.01. The lowest BCUT2D eigenvalue weighted by Gasteiger charge is -2.25. The lowest BCUT2D eigenvalue weighted by Crippen LogP contribution is -2.42. The highest BCUT2D eigenvalue weighted by Gasteiger charge is 2.32. The summed E-state index contributed by atoms with van der Waals surface area (Å²) in [4.78, 5) is 26.8. The van der Waals surface area contributed by atoms with Crippen molar-refractivity contribution in [1.82, 2.24) is 15.5 Å². The Morgan fingerprint density at radius 1 is 1.22 bits per heavy atom. The highest BCUT2D eigenvalue weighted by Crippen LogP contribution is 2.26. The molecule has 1 fully saturated rings. The Morgan fingerprint density at radius 2 is 2.00 bits per heavy atom. The van der Waals surface area contributed by atoms with Crippen LogP contribution in [0.1, 0.15) is 49.0 Å². The van der Waals surface area contributed by atoms with Crippen LogP contribution in [0, 0.1) is 5.92 Å². The van der Waals surface area contributed by atoms with Gasteiger partial charge >= 0.3 is 0 Å². The minimum atomic E-state index is -0.0452. The van der Waals surface area contributed by atoms with Gasteiger partial charge in [-0.1, -0.05) is 13.8 Å². The molecular formula is C21H31N3O3. The van der Waals surface area contributed by atoms with Gasteiger partial charge in [-0.15, -0.1) is 0 Å². The van der Waals surface area contributed by atoms with Gasteiger partial charge in [0.1, 0.15) is 5.75 Å². The summed E-state index contributed by atoms with van der Waals surface area (Å²) in [6.45, 7) is 6.20. The van der Waals surface area contributed by atoms with Crippen molar-refractivity contribution in [2.45, 2.75) is 51.6 Å². The quantitative estimate of drug-likeness (QED) is 0.767. The van der Waals surface area contributed by atoms with Gasteiger partial charge in [0.05, 0.1) is 6.61 Å². The molecule has 0 unspecified atom stereocenters. The molecule has 1 aromatic carbocycles. The standard InChI is InChI=1S/C21H31N3O3/c1-14(2)12-22-20(25)11-17-5-6-18(24(17)3)13-23-21(26)16-4-7-19-15(10-16)8-9-27-19/h4,7,10,14,17-18H,5-6,8-9,11-13H2,1-3H3,(H,22,25)(H,23,26)/t17-,18+/m1/s1. The molecule has 0 aliphatic carbocycles. The molecule has 3 rings (SSSR count). The van der Waals surface area contributed by atoms with Crippen LogP contribution in [-0.4, -0.2) is 55.5 Å². The van der Waals surface area contributed by atoms with Crippen LogP contribution in [0.2, 0.25) is 0 Å². The van der Waals surface area contributed by atoms with Crippen LogP contribution < -0.4 is 15.4 Å². The number of hydrogen-bond donors (Lipinski definition) is 2. The van der Waals surface area contributed by atoms with E-state index in [0.717, 1.165) is 37.1 Å². The van der Waals surface area contributed by atoms with Gasteiger partial charge in [0.25, 0.3) is 5.91 Å². The molecule has 148 valence electrons. The summed E-state index contributed by atoms with van der Waals surface area (Å²) in [6.07, 6.45) is 3.38. The summed E-state index contributed by atoms with van der Waals surface area (Å²) in [6, 6.07) is 6.15. The minimum absolute atomic E-state index is 0.0452. The summed E-state index contributed by atoms with van der Waals surface area (Å²) < 4.78 is 5.49. The van der Waals surface area contributed by atoms with Gasteiger partial charge in [-0.25, -0.2) is 0 Å². The summed E-state index contributed by atoms with van der Waals surface area (Å²) in [5.41, 5.74) is 1.79. The van der Waals surface area contributed by atoms with E-state index in [0.29, 0.717) is 31.1 Å². The first kappa shape index (κ1) is 19.7. The molecule has 0 radical (unpaired) electrons. The Labute approximate surface area is 161 Å². The van der Waals surface area contributed by atoms with Crippen LogP contribution >= 0.6 is 0 Å². The number of likely N-dealkylation sites (tertiary alicyclic amines) is 1. The van der Waals surface area contributed by atoms with E-state index in [1.54, 1.807) is 0 Å². The number of carbonyl (C=O) groups is 2. The van der Waals surface area contributed by atoms with Crippen molar-refractivity contribution in [3.8, 4) is 5.75 Å². The summed E-state index contributed by atoms with van der Waals surface area (Å²) in [7, 11) is 2.05. The number of ether oxygens (including phenoxy) is 1. The smallest absolute Gasteiger partial charge is 0.251 e. The second-order valence-electron chi connectivity index (χ2n) is 8.08. The van der Waals surface area contributed by atoms with Crippen LogP contribution in [0.25, 0.3) is 0 Å². The zero-order valence-electron chi connectivity index (χ0n) is 16.6. The lowest BCUT2D eigenvalue weighted by molar-refractivity contribution is -0.122. The summed E-state index contributed by atoms with van der Waals surface area (Å²) in [5.74, 6) is 1.42. The summed E-state index contributed by atoms with van der Waals surface area (Å²) >= 11 is 0. The third-order valence-corrected chi connectivity index (χ3v) is 5.56. The Balaban J connectivity index is 1.46. The Morgan fingerprint density at radius 3 is 2.78 bits per heavy atom. The fraction of sp³-hybridized carbons (Fsp3) is 0.619. The van der Waals surface area contributed by atoms with E-state index in [1.807, 2.05) is 18.2 Å². The van der Waals surface area contributed by atoms with Gasteiger partial charge in [-0.3, -0.25) is 14.5 Å². The topological polar surface area (TPSA) is 70.7 Å². The fourth-order valence-corrected chi connectivity index (χ4v) is 3.83. The van der Waals surface area contributed by atoms with E-state index in [2.05, 4.69) is 36.4 Å². The van der Waals surface area contributed by atoms with E-state index in [9.17, 15) is 9.59 Å². The number of fused-ring (bicyclic) bond motifs is 1. The van der Waals surface area contributed by atoms with Crippen molar-refractivity contribution < 1.29 is 14.3 Å². The Kier molecular flexibility index (Phi) is 6.37. The molecule has 2 N–H and O–H groups in total. The van der Waals surface area contributed by atoms with Crippen molar-refractivity contribution in [1.29, 1.82) is 0 Å². The second kappa shape index (κ2) is 8.74. The van der Waals surface area contributed by atoms with E-state index < -0.39 is 0 Å². The predicted molar refractivity (Wildman–Crippen MR) is 105 cm³/mol. The molecule has 2 aliphatic heterocycles. The maximum atomic E-state index is 12.5. The number of rotatable bonds is 7. The van der Waals surface area contributed by atoms with Gasteiger partial charge in [-0.2, -0.15) is 0 Å². The van der Waals surface area contributed by atoms with Crippen LogP contribution in [0.15, 0.2) is 18.2 Å². The van der Waals surface area contributed by atoms with Crippen molar-refractivity contribution in [2.75, 3.05) is 26.7 Å². The molecule has 27 heavy (non-hydrogen) atoms. The van der Waals surface area contributed by atoms with Crippen molar-refractivity contribution >= 4 is 11.8 Å². The molecule has 0 spiro atoms. The summed E-state index contributed by atoms with van der Waals surface area (Å²) in [5, 5.41) is 6.05. The van der Waals surface area contributed by atoms with E-state index in [-0.39, 0.29) is 23.9 Å². The monoisotopic (exact) mass is 373 g/mol. The Bertz CT molecular complexity index is 689. The maximum absolute atomic E-state index is 12.5. The minimum Gasteiger partial charge on any atom is -0.493 e. The largest absolute Gasteiger partial charge is 0.493 e. The molecular weight excluding hydrogens is 342 g/mol. The van der Waals surface area contributed by atoms with Crippen molar-refractivity contribution in [3.05, 3.63) is 29.3 Å². The maximum Gasteiger partial charge on any atom is 0.251 e. The first-order valence-electron chi connectivity index (χ1n) is 9.96. The highest BCUT2D eigenvalue weighted by molar-refractivity contribution is 5.94. The van der Waals surface area contributed by atoms with Gasteiger partial charge in [-0.05, 0) is 49.6 Å². The van der Waals surface area contributed by atoms with Crippen LogP contribution in [0.4, 0.5) is 0 Å². The zero-order chi connectivity index (χ0) is 19.4. The highest BCUT2D eigenvalue weighted by atomic mass is 16.5. The van der Waals surface area contributed by atoms with E-state index >= 15 is 0 Å². The number of nitrogens with zero attached hydrogens (tertiary/aromatic N) is 1. The van der Waals surface area contributed by atoms with Crippen LogP contribution in [-0.2, 0) is 11.2 Å². The number of hydrogen-bond acceptors (Lipinski definition) is 4. The molecule has 0 aromatic heterocycles. The number of nitrogens with one attached hydrogen (secondary N) is 2. The second-order valence-corrected chi connectivity index (χ2v) is 8.08. The van der Waals surface area contributed by atoms with Crippen LogP contribution in [0.5, 0.6) is 5.75 Å². The molecule has 0 saturated carbocycles. The van der Waals surface area contributed by atoms with Crippen molar-refractivity contribution in [3.63, 3.8) is 0 Å². The fourth-order valence-electron chi connectivity index (χ4n) is 3.83. The first-order valence-corrected chi connectivity index (χ1v) is 9.96. The number of likely N-dealkylation sites (N-methyl/N-ethyl adjacent to an activating group) is 1. The van der Waals surface area contributed by atoms with Crippen molar-refractivity contribution in [2.24, 2.45) is 5.92 Å². The van der Waals surface area contributed by atoms with Crippen LogP contribution in [0.3, 0.4) is 0 Å². The Hall–Kier alpha value is -2.08. The molecule has 6 nitrogen and oxygen atoms in total. The molecule has 2 aliphatic rings. The first-order chi connectivity index (χ1) is 12.9. The SMILES string of the molecule is CC(C)CNC(=O)C[C@H]1CC[C@@H](CNC(=O)c2ccc3c(c2)CCO3)N1C. The molecule has 2 heterocycles. The molecule has 1 saturated heterocycles. The normalized spacial score (nSPS) is 21.8. The third-order valence-electron chi connectivity index (χ3n) is 5.56. The average Bonchev–Trinajstić information content (AvgIpc) is 3.24. The average molecular weight is 373 g/mol. The molecule has 0 bridgehead atoms. The number of benzene rings is 1. The molecule has 2 amide bonds. The van der Waals surface area contributed by atoms with Gasteiger partial charge < -0.3 is 15.4 Å². The lowest BCUT2D eigenvalue weighted by atomic mass is 10.1. The van der Waals surface area contributed by atoms with E-state index in [4.69, 9.17) is 4.74 Å². The molecule has 6 heteroatoms. The predicted octanol–water partition coefficient (Wildman–Crippen LogP) is 1.98. The number of amides is 2. The van der Waals surface area contributed by atoms with E-state index in [1.165, 1.54) is 0 Å².